The van der Waals surface area contributed by atoms with Crippen LogP contribution in [0.5, 0.6) is 5.75 Å². The van der Waals surface area contributed by atoms with Gasteiger partial charge in [0.1, 0.15) is 24.0 Å². The van der Waals surface area contributed by atoms with Crippen molar-refractivity contribution < 1.29 is 18.6 Å². The molecule has 1 heterocycles. The summed E-state index contributed by atoms with van der Waals surface area (Å²) in [4.78, 5) is 2.30. The van der Waals surface area contributed by atoms with Gasteiger partial charge in [0.15, 0.2) is 0 Å². The molecule has 0 aromatic heterocycles. The molecule has 0 aliphatic carbocycles. The van der Waals surface area contributed by atoms with E-state index in [0.29, 0.717) is 12.4 Å². The standard InChI is InChI=1S/C20H23F2NO2.ClH/c21-17-3-1-15(2-4-17)20(24)16-9-11-23(12-10-16)13-14-25-19-7-5-18(22)6-8-19;/h1-8,16,20,24H,9-14H2;1H. The first-order valence-electron chi connectivity index (χ1n) is 8.66. The van der Waals surface area contributed by atoms with E-state index in [-0.39, 0.29) is 30.0 Å². The fourth-order valence-corrected chi connectivity index (χ4v) is 3.25. The number of hydrogen-bond donors (Lipinski definition) is 1. The van der Waals surface area contributed by atoms with Gasteiger partial charge in [-0.1, -0.05) is 12.1 Å². The zero-order chi connectivity index (χ0) is 17.6. The molecule has 26 heavy (non-hydrogen) atoms. The van der Waals surface area contributed by atoms with Crippen LogP contribution in [0.25, 0.3) is 0 Å². The summed E-state index contributed by atoms with van der Waals surface area (Å²) >= 11 is 0. The molecular weight excluding hydrogens is 360 g/mol. The van der Waals surface area contributed by atoms with E-state index in [1.807, 2.05) is 0 Å². The minimum Gasteiger partial charge on any atom is -0.492 e. The Balaban J connectivity index is 0.00000243. The molecule has 0 saturated carbocycles. The van der Waals surface area contributed by atoms with Gasteiger partial charge >= 0.3 is 0 Å². The second-order valence-corrected chi connectivity index (χ2v) is 6.48. The van der Waals surface area contributed by atoms with Gasteiger partial charge in [0.05, 0.1) is 6.10 Å². The minimum absolute atomic E-state index is 0. The van der Waals surface area contributed by atoms with E-state index < -0.39 is 6.10 Å². The van der Waals surface area contributed by atoms with Crippen molar-refractivity contribution in [3.05, 3.63) is 65.7 Å². The van der Waals surface area contributed by atoms with E-state index >= 15 is 0 Å². The molecular formula is C20H24ClF2NO2. The Bertz CT molecular complexity index is 659. The van der Waals surface area contributed by atoms with Crippen LogP contribution in [0.1, 0.15) is 24.5 Å². The summed E-state index contributed by atoms with van der Waals surface area (Å²) in [6.45, 7) is 3.15. The molecule has 1 atom stereocenters. The van der Waals surface area contributed by atoms with Crippen LogP contribution in [0.2, 0.25) is 0 Å². The summed E-state index contributed by atoms with van der Waals surface area (Å²) in [5, 5.41) is 10.5. The molecule has 142 valence electrons. The SMILES string of the molecule is Cl.OC(c1ccc(F)cc1)C1CCN(CCOc2ccc(F)cc2)CC1. The van der Waals surface area contributed by atoms with E-state index in [4.69, 9.17) is 4.74 Å². The van der Waals surface area contributed by atoms with Crippen LogP contribution in [0.4, 0.5) is 8.78 Å². The van der Waals surface area contributed by atoms with E-state index in [0.717, 1.165) is 38.0 Å². The first-order valence-corrected chi connectivity index (χ1v) is 8.66. The maximum atomic E-state index is 13.0. The van der Waals surface area contributed by atoms with Gasteiger partial charge in [-0.05, 0) is 73.8 Å². The fraction of sp³-hybridized carbons (Fsp3) is 0.400. The number of likely N-dealkylation sites (tertiary alicyclic amines) is 1. The van der Waals surface area contributed by atoms with Gasteiger partial charge in [0, 0.05) is 6.54 Å². The number of aliphatic hydroxyl groups excluding tert-OH is 1. The number of benzene rings is 2. The third-order valence-electron chi connectivity index (χ3n) is 4.78. The van der Waals surface area contributed by atoms with Crippen molar-refractivity contribution in [2.75, 3.05) is 26.2 Å². The lowest BCUT2D eigenvalue weighted by atomic mass is 9.87. The molecule has 1 saturated heterocycles. The zero-order valence-electron chi connectivity index (χ0n) is 14.5. The van der Waals surface area contributed by atoms with E-state index in [9.17, 15) is 13.9 Å². The van der Waals surface area contributed by atoms with Gasteiger partial charge in [0.2, 0.25) is 0 Å². The van der Waals surface area contributed by atoms with Crippen molar-refractivity contribution in [3.63, 3.8) is 0 Å². The third kappa shape index (κ3) is 5.66. The van der Waals surface area contributed by atoms with E-state index in [1.54, 1.807) is 24.3 Å². The fourth-order valence-electron chi connectivity index (χ4n) is 3.25. The number of ether oxygens (including phenoxy) is 1. The average molecular weight is 384 g/mol. The highest BCUT2D eigenvalue weighted by atomic mass is 35.5. The van der Waals surface area contributed by atoms with Crippen LogP contribution >= 0.6 is 12.4 Å². The quantitative estimate of drug-likeness (QED) is 0.811. The number of rotatable bonds is 6. The Morgan fingerprint density at radius 2 is 1.50 bits per heavy atom. The highest BCUT2D eigenvalue weighted by Gasteiger charge is 2.26. The number of piperidine rings is 1. The summed E-state index contributed by atoms with van der Waals surface area (Å²) in [5.74, 6) is 0.309. The predicted octanol–water partition coefficient (Wildman–Crippen LogP) is 4.21. The van der Waals surface area contributed by atoms with Crippen molar-refractivity contribution in [2.24, 2.45) is 5.92 Å². The molecule has 2 aromatic carbocycles. The molecule has 1 unspecified atom stereocenters. The summed E-state index contributed by atoms with van der Waals surface area (Å²) < 4.78 is 31.5. The van der Waals surface area contributed by atoms with Crippen LogP contribution in [-0.4, -0.2) is 36.2 Å². The van der Waals surface area contributed by atoms with Gasteiger partial charge in [-0.2, -0.15) is 0 Å². The largest absolute Gasteiger partial charge is 0.492 e. The van der Waals surface area contributed by atoms with Crippen molar-refractivity contribution >= 4 is 12.4 Å². The van der Waals surface area contributed by atoms with Gasteiger partial charge in [0.25, 0.3) is 0 Å². The molecule has 3 rings (SSSR count). The molecule has 0 amide bonds. The average Bonchev–Trinajstić information content (AvgIpc) is 2.64. The molecule has 1 aliphatic heterocycles. The van der Waals surface area contributed by atoms with E-state index in [1.165, 1.54) is 24.3 Å². The highest BCUT2D eigenvalue weighted by molar-refractivity contribution is 5.85. The molecule has 1 fully saturated rings. The Morgan fingerprint density at radius 3 is 2.08 bits per heavy atom. The van der Waals surface area contributed by atoms with Crippen LogP contribution in [0, 0.1) is 17.6 Å². The number of nitrogens with zero attached hydrogens (tertiary/aromatic N) is 1. The summed E-state index contributed by atoms with van der Waals surface area (Å²) in [6.07, 6.45) is 1.25. The second-order valence-electron chi connectivity index (χ2n) is 6.48. The van der Waals surface area contributed by atoms with Gasteiger partial charge in [-0.15, -0.1) is 12.4 Å². The monoisotopic (exact) mass is 383 g/mol. The number of aliphatic hydroxyl groups is 1. The van der Waals surface area contributed by atoms with Crippen molar-refractivity contribution in [2.45, 2.75) is 18.9 Å². The topological polar surface area (TPSA) is 32.7 Å². The maximum Gasteiger partial charge on any atom is 0.123 e. The lowest BCUT2D eigenvalue weighted by Crippen LogP contribution is -2.38. The maximum absolute atomic E-state index is 13.0. The Morgan fingerprint density at radius 1 is 0.962 bits per heavy atom. The first-order chi connectivity index (χ1) is 12.1. The second kappa shape index (κ2) is 9.86. The molecule has 0 bridgehead atoms. The van der Waals surface area contributed by atoms with Crippen molar-refractivity contribution in [1.82, 2.24) is 4.90 Å². The predicted molar refractivity (Wildman–Crippen MR) is 99.7 cm³/mol. The van der Waals surface area contributed by atoms with Gasteiger partial charge in [-0.3, -0.25) is 4.90 Å². The first kappa shape index (κ1) is 20.6. The van der Waals surface area contributed by atoms with Crippen LogP contribution in [-0.2, 0) is 0 Å². The summed E-state index contributed by atoms with van der Waals surface area (Å²) in [7, 11) is 0. The van der Waals surface area contributed by atoms with Gasteiger partial charge in [-0.25, -0.2) is 8.78 Å². The molecule has 0 radical (unpaired) electrons. The van der Waals surface area contributed by atoms with Crippen LogP contribution < -0.4 is 4.74 Å². The van der Waals surface area contributed by atoms with Crippen molar-refractivity contribution in [1.29, 1.82) is 0 Å². The Labute approximate surface area is 159 Å². The molecule has 6 heteroatoms. The van der Waals surface area contributed by atoms with Crippen LogP contribution in [0.15, 0.2) is 48.5 Å². The number of halogens is 3. The molecule has 2 aromatic rings. The van der Waals surface area contributed by atoms with E-state index in [2.05, 4.69) is 4.90 Å². The molecule has 3 nitrogen and oxygen atoms in total. The van der Waals surface area contributed by atoms with Gasteiger partial charge < -0.3 is 9.84 Å². The normalized spacial score (nSPS) is 16.7. The molecule has 1 N–H and O–H groups in total. The zero-order valence-corrected chi connectivity index (χ0v) is 15.3. The Kier molecular flexibility index (Phi) is 7.82. The van der Waals surface area contributed by atoms with Crippen LogP contribution in [0.3, 0.4) is 0 Å². The Hall–Kier alpha value is -1.69. The molecule has 1 aliphatic rings. The third-order valence-corrected chi connectivity index (χ3v) is 4.78. The molecule has 0 spiro atoms. The number of hydrogen-bond acceptors (Lipinski definition) is 3. The summed E-state index contributed by atoms with van der Waals surface area (Å²) in [6, 6.07) is 12.1. The smallest absolute Gasteiger partial charge is 0.123 e. The highest BCUT2D eigenvalue weighted by Crippen LogP contribution is 2.30. The van der Waals surface area contributed by atoms with Crippen molar-refractivity contribution in [3.8, 4) is 5.75 Å². The lowest BCUT2D eigenvalue weighted by Gasteiger charge is -2.34. The summed E-state index contributed by atoms with van der Waals surface area (Å²) in [5.41, 5.74) is 0.777. The minimum atomic E-state index is -0.543. The lowest BCUT2D eigenvalue weighted by molar-refractivity contribution is 0.0550.